The average Bonchev–Trinajstić information content (AvgIpc) is 3.22. The van der Waals surface area contributed by atoms with Crippen LogP contribution in [0.1, 0.15) is 29.7 Å². The first-order valence-corrected chi connectivity index (χ1v) is 12.8. The Balaban J connectivity index is 1.18. The Morgan fingerprint density at radius 1 is 0.861 bits per heavy atom. The predicted molar refractivity (Wildman–Crippen MR) is 144 cm³/mol. The highest BCUT2D eigenvalue weighted by Gasteiger charge is 2.36. The minimum atomic E-state index is -0.347. The van der Waals surface area contributed by atoms with Gasteiger partial charge in [-0.05, 0) is 37.1 Å². The van der Waals surface area contributed by atoms with Gasteiger partial charge in [-0.3, -0.25) is 9.69 Å². The minimum Gasteiger partial charge on any atom is -0.367 e. The molecular formula is C30H34N4O2. The summed E-state index contributed by atoms with van der Waals surface area (Å²) in [7, 11) is 0. The quantitative estimate of drug-likeness (QED) is 0.497. The van der Waals surface area contributed by atoms with Crippen LogP contribution in [0.15, 0.2) is 89.9 Å². The molecular weight excluding hydrogens is 448 g/mol. The van der Waals surface area contributed by atoms with Gasteiger partial charge in [-0.15, -0.1) is 0 Å². The topological polar surface area (TPSA) is 48.4 Å². The number of hydrogen-bond acceptors (Lipinski definition) is 5. The third kappa shape index (κ3) is 5.35. The molecule has 0 N–H and O–H groups in total. The van der Waals surface area contributed by atoms with Crippen LogP contribution in [-0.4, -0.2) is 67.0 Å². The molecule has 0 aromatic heterocycles. The predicted octanol–water partition coefficient (Wildman–Crippen LogP) is 4.51. The maximum absolute atomic E-state index is 12.9. The number of benzene rings is 3. The normalized spacial score (nSPS) is 18.7. The molecule has 1 saturated heterocycles. The largest absolute Gasteiger partial charge is 0.367 e. The van der Waals surface area contributed by atoms with E-state index in [4.69, 9.17) is 9.73 Å². The minimum absolute atomic E-state index is 0.0394. The van der Waals surface area contributed by atoms with Gasteiger partial charge >= 0.3 is 0 Å². The van der Waals surface area contributed by atoms with Crippen molar-refractivity contribution < 1.29 is 9.53 Å². The van der Waals surface area contributed by atoms with Crippen molar-refractivity contribution in [2.75, 3.05) is 44.2 Å². The number of nitrogens with zero attached hydrogens (tertiary/aromatic N) is 4. The van der Waals surface area contributed by atoms with Gasteiger partial charge in [0.15, 0.2) is 0 Å². The van der Waals surface area contributed by atoms with Crippen LogP contribution in [0, 0.1) is 6.92 Å². The van der Waals surface area contributed by atoms with Crippen LogP contribution in [0.5, 0.6) is 0 Å². The van der Waals surface area contributed by atoms with Crippen LogP contribution < -0.4 is 4.90 Å². The number of guanidine groups is 1. The van der Waals surface area contributed by atoms with E-state index in [0.717, 1.165) is 44.4 Å². The van der Waals surface area contributed by atoms with E-state index >= 15 is 0 Å². The van der Waals surface area contributed by atoms with Crippen LogP contribution in [0.3, 0.4) is 0 Å². The molecule has 36 heavy (non-hydrogen) atoms. The van der Waals surface area contributed by atoms with Crippen LogP contribution in [-0.2, 0) is 9.53 Å². The average molecular weight is 483 g/mol. The smallest absolute Gasteiger partial charge is 0.258 e. The summed E-state index contributed by atoms with van der Waals surface area (Å²) in [6.45, 7) is 8.94. The summed E-state index contributed by atoms with van der Waals surface area (Å²) in [6.07, 6.45) is -0.0721. The molecule has 3 aromatic rings. The van der Waals surface area contributed by atoms with Gasteiger partial charge in [0, 0.05) is 32.7 Å². The van der Waals surface area contributed by atoms with Crippen LogP contribution >= 0.6 is 0 Å². The van der Waals surface area contributed by atoms with Crippen molar-refractivity contribution in [2.24, 2.45) is 4.99 Å². The molecule has 1 fully saturated rings. The Bertz CT molecular complexity index is 1130. The Labute approximate surface area is 213 Å². The van der Waals surface area contributed by atoms with Crippen LogP contribution in [0.25, 0.3) is 0 Å². The van der Waals surface area contributed by atoms with E-state index in [0.29, 0.717) is 6.61 Å². The van der Waals surface area contributed by atoms with E-state index in [1.807, 2.05) is 43.3 Å². The first kappa shape index (κ1) is 24.2. The van der Waals surface area contributed by atoms with Crippen LogP contribution in [0.4, 0.5) is 5.69 Å². The summed E-state index contributed by atoms with van der Waals surface area (Å²) >= 11 is 0. The number of rotatable bonds is 7. The highest BCUT2D eigenvalue weighted by molar-refractivity contribution is 6.21. The highest BCUT2D eigenvalue weighted by atomic mass is 16.5. The second kappa shape index (κ2) is 11.1. The number of anilines is 1. The van der Waals surface area contributed by atoms with Crippen molar-refractivity contribution in [3.8, 4) is 0 Å². The molecule has 186 valence electrons. The number of carbonyl (C=O) groups excluding carboxylic acids is 1. The summed E-state index contributed by atoms with van der Waals surface area (Å²) < 4.78 is 6.42. The Kier molecular flexibility index (Phi) is 7.44. The summed E-state index contributed by atoms with van der Waals surface area (Å²) in [4.78, 5) is 24.1. The molecule has 0 spiro atoms. The molecule has 6 nitrogen and oxygen atoms in total. The van der Waals surface area contributed by atoms with Crippen LogP contribution in [0.2, 0.25) is 0 Å². The maximum atomic E-state index is 12.9. The van der Waals surface area contributed by atoms with Gasteiger partial charge in [0.2, 0.25) is 5.96 Å². The summed E-state index contributed by atoms with van der Waals surface area (Å²) in [5.74, 6) is 0.818. The number of hydrogen-bond donors (Lipinski definition) is 0. The molecule has 6 heteroatoms. The standard InChI is InChI=1S/C30H34N4O2/c1-23-13-15-27(16-14-23)34-29(35)24(2)31-30(34)33-19-17-32(18-20-33)21-22-36-28(25-9-5-3-6-10-25)26-11-7-4-8-12-26/h3-16,24,28H,17-22H2,1-2H3. The molecule has 0 radical (unpaired) electrons. The van der Waals surface area contributed by atoms with Gasteiger partial charge in [0.25, 0.3) is 5.91 Å². The summed E-state index contributed by atoms with van der Waals surface area (Å²) in [6, 6.07) is 28.6. The number of amides is 1. The molecule has 1 atom stereocenters. The zero-order chi connectivity index (χ0) is 24.9. The Morgan fingerprint density at radius 3 is 2.03 bits per heavy atom. The lowest BCUT2D eigenvalue weighted by Gasteiger charge is -2.37. The first-order valence-electron chi connectivity index (χ1n) is 12.8. The fourth-order valence-electron chi connectivity index (χ4n) is 4.84. The van der Waals surface area contributed by atoms with Crippen molar-refractivity contribution in [3.63, 3.8) is 0 Å². The maximum Gasteiger partial charge on any atom is 0.258 e. The van der Waals surface area contributed by atoms with Gasteiger partial charge in [-0.2, -0.15) is 0 Å². The lowest BCUT2D eigenvalue weighted by molar-refractivity contribution is -0.117. The number of aliphatic imine (C=N–C) groups is 1. The van der Waals surface area contributed by atoms with E-state index < -0.39 is 0 Å². The fourth-order valence-corrected chi connectivity index (χ4v) is 4.84. The van der Waals surface area contributed by atoms with E-state index in [1.165, 1.54) is 16.7 Å². The van der Waals surface area contributed by atoms with E-state index in [-0.39, 0.29) is 18.1 Å². The van der Waals surface area contributed by atoms with Gasteiger partial charge in [-0.25, -0.2) is 9.89 Å². The number of carbonyl (C=O) groups is 1. The third-order valence-electron chi connectivity index (χ3n) is 6.93. The van der Waals surface area contributed by atoms with Crippen molar-refractivity contribution in [2.45, 2.75) is 26.0 Å². The Hall–Kier alpha value is -3.48. The number of piperazine rings is 1. The first-order chi connectivity index (χ1) is 17.6. The molecule has 2 aliphatic rings. The summed E-state index contributed by atoms with van der Waals surface area (Å²) in [5.41, 5.74) is 4.40. The SMILES string of the molecule is Cc1ccc(N2C(=O)C(C)N=C2N2CCN(CCOC(c3ccccc3)c3ccccc3)CC2)cc1. The van der Waals surface area contributed by atoms with Crippen molar-refractivity contribution in [1.29, 1.82) is 0 Å². The fraction of sp³-hybridized carbons (Fsp3) is 0.333. The molecule has 3 aromatic carbocycles. The lowest BCUT2D eigenvalue weighted by Crippen LogP contribution is -2.53. The molecule has 2 aliphatic heterocycles. The molecule has 1 unspecified atom stereocenters. The Morgan fingerprint density at radius 2 is 1.44 bits per heavy atom. The van der Waals surface area contributed by atoms with E-state index in [1.54, 1.807) is 4.90 Å². The van der Waals surface area contributed by atoms with Crippen molar-refractivity contribution in [3.05, 3.63) is 102 Å². The molecule has 0 aliphatic carbocycles. The third-order valence-corrected chi connectivity index (χ3v) is 6.93. The zero-order valence-electron chi connectivity index (χ0n) is 21.1. The molecule has 0 bridgehead atoms. The van der Waals surface area contributed by atoms with Gasteiger partial charge in [0.05, 0.1) is 12.3 Å². The van der Waals surface area contributed by atoms with Crippen molar-refractivity contribution in [1.82, 2.24) is 9.80 Å². The molecule has 1 amide bonds. The van der Waals surface area contributed by atoms with Gasteiger partial charge in [-0.1, -0.05) is 78.4 Å². The lowest BCUT2D eigenvalue weighted by atomic mass is 10.0. The van der Waals surface area contributed by atoms with E-state index in [9.17, 15) is 4.79 Å². The number of aryl methyl sites for hydroxylation is 1. The van der Waals surface area contributed by atoms with E-state index in [2.05, 4.69) is 65.3 Å². The monoisotopic (exact) mass is 482 g/mol. The second-order valence-corrected chi connectivity index (χ2v) is 9.52. The zero-order valence-corrected chi connectivity index (χ0v) is 21.1. The molecule has 2 heterocycles. The highest BCUT2D eigenvalue weighted by Crippen LogP contribution is 2.26. The van der Waals surface area contributed by atoms with Gasteiger partial charge in [0.1, 0.15) is 12.1 Å². The second-order valence-electron chi connectivity index (χ2n) is 9.52. The van der Waals surface area contributed by atoms with Gasteiger partial charge < -0.3 is 9.64 Å². The number of ether oxygens (including phenoxy) is 1. The molecule has 0 saturated carbocycles. The molecule has 5 rings (SSSR count). The summed E-state index contributed by atoms with van der Waals surface area (Å²) in [5, 5.41) is 0. The van der Waals surface area contributed by atoms with Crippen molar-refractivity contribution >= 4 is 17.6 Å².